The lowest BCUT2D eigenvalue weighted by molar-refractivity contribution is 0.623. The molecule has 0 unspecified atom stereocenters. The molecule has 2 aromatic rings. The van der Waals surface area contributed by atoms with Crippen LogP contribution >= 0.6 is 23.4 Å². The van der Waals surface area contributed by atoms with Gasteiger partial charge >= 0.3 is 5.69 Å². The molecule has 0 atom stereocenters. The highest BCUT2D eigenvalue weighted by Crippen LogP contribution is 2.18. The molecule has 7 heteroatoms. The van der Waals surface area contributed by atoms with Crippen molar-refractivity contribution in [3.05, 3.63) is 33.7 Å². The van der Waals surface area contributed by atoms with Crippen molar-refractivity contribution < 1.29 is 4.39 Å². The Morgan fingerprint density at radius 2 is 2.21 bits per heavy atom. The smallest absolute Gasteiger partial charge is 0.244 e. The molecule has 0 bridgehead atoms. The van der Waals surface area contributed by atoms with Crippen molar-refractivity contribution in [1.29, 1.82) is 0 Å². The van der Waals surface area contributed by atoms with Gasteiger partial charge in [0.25, 0.3) is 0 Å². The number of halogens is 3. The van der Waals surface area contributed by atoms with Gasteiger partial charge in [-0.15, -0.1) is 0 Å². The van der Waals surface area contributed by atoms with Gasteiger partial charge in [-0.25, -0.2) is 14.2 Å². The van der Waals surface area contributed by atoms with Crippen molar-refractivity contribution in [2.24, 2.45) is 0 Å². The van der Waals surface area contributed by atoms with E-state index < -0.39 is 11.5 Å². The number of hydrogen-bond acceptors (Lipinski definition) is 3. The van der Waals surface area contributed by atoms with Gasteiger partial charge in [-0.3, -0.25) is 0 Å². The fourth-order valence-corrected chi connectivity index (χ4v) is 1.40. The zero-order valence-electron chi connectivity index (χ0n) is 6.54. The molecule has 0 aliphatic heterocycles. The summed E-state index contributed by atoms with van der Waals surface area (Å²) in [7, 11) is 0. The Morgan fingerprint density at radius 3 is 2.93 bits per heavy atom. The zero-order valence-corrected chi connectivity index (χ0v) is 8.05. The molecule has 0 aromatic carbocycles. The van der Waals surface area contributed by atoms with Gasteiger partial charge < -0.3 is 0 Å². The predicted molar refractivity (Wildman–Crippen MR) is 50.0 cm³/mol. The van der Waals surface area contributed by atoms with Crippen LogP contribution in [0.2, 0.25) is 5.15 Å². The molecule has 2 rings (SSSR count). The maximum atomic E-state index is 12.8. The maximum Gasteiger partial charge on any atom is 0.365 e. The minimum atomic E-state index is -0.747. The number of pyridine rings is 1. The first-order valence-electron chi connectivity index (χ1n) is 3.49. The molecule has 0 aliphatic rings. The zero-order chi connectivity index (χ0) is 10.3. The van der Waals surface area contributed by atoms with Gasteiger partial charge in [-0.2, -0.15) is 9.07 Å². The van der Waals surface area contributed by atoms with E-state index in [9.17, 15) is 9.18 Å². The van der Waals surface area contributed by atoms with Crippen molar-refractivity contribution in [1.82, 2.24) is 14.1 Å². The van der Waals surface area contributed by atoms with Gasteiger partial charge in [0.2, 0.25) is 0 Å². The summed E-state index contributed by atoms with van der Waals surface area (Å²) < 4.78 is 13.5. The van der Waals surface area contributed by atoms with E-state index in [4.69, 9.17) is 23.4 Å². The number of nitrogens with zero attached hydrogens (tertiary/aromatic N) is 3. The van der Waals surface area contributed by atoms with Crippen LogP contribution in [0.1, 0.15) is 0 Å². The third-order valence-electron chi connectivity index (χ3n) is 1.60. The summed E-state index contributed by atoms with van der Waals surface area (Å²) in [6.07, 6.45) is 0.941. The van der Waals surface area contributed by atoms with Crippen molar-refractivity contribution >= 4 is 34.4 Å². The van der Waals surface area contributed by atoms with Crippen molar-refractivity contribution in [2.75, 3.05) is 0 Å². The maximum absolute atomic E-state index is 12.8. The molecule has 0 saturated heterocycles. The number of hydrogen-bond donors (Lipinski definition) is 0. The molecule has 0 N–H and O–H groups in total. The molecule has 72 valence electrons. The normalized spacial score (nSPS) is 10.8. The Balaban J connectivity index is 3.02. The van der Waals surface area contributed by atoms with Gasteiger partial charge in [0.1, 0.15) is 11.0 Å². The first-order chi connectivity index (χ1) is 6.59. The lowest BCUT2D eigenvalue weighted by Gasteiger charge is -2.01. The third kappa shape index (κ3) is 1.34. The monoisotopic (exact) mass is 233 g/mol. The second-order valence-corrected chi connectivity index (χ2v) is 3.19. The summed E-state index contributed by atoms with van der Waals surface area (Å²) in [5.74, 6) is -0.573. The number of rotatable bonds is 0. The van der Waals surface area contributed by atoms with Crippen molar-refractivity contribution in [3.8, 4) is 0 Å². The van der Waals surface area contributed by atoms with Crippen molar-refractivity contribution in [3.63, 3.8) is 0 Å². The lowest BCUT2D eigenvalue weighted by Crippen LogP contribution is -2.17. The van der Waals surface area contributed by atoms with Crippen LogP contribution in [-0.4, -0.2) is 14.1 Å². The highest BCUT2D eigenvalue weighted by molar-refractivity contribution is 6.34. The van der Waals surface area contributed by atoms with E-state index in [-0.39, 0.29) is 16.2 Å². The van der Waals surface area contributed by atoms with Crippen LogP contribution in [0.25, 0.3) is 11.0 Å². The van der Waals surface area contributed by atoms with Crippen LogP contribution in [0, 0.1) is 5.82 Å². The molecule has 0 fully saturated rings. The molecule has 0 radical (unpaired) electrons. The standard InChI is InChI=1S/C7H2Cl2FN3O/c8-5-4-1-3(10)2-11-6(4)13(9)7(14)12-5/h1-2H. The molecule has 4 nitrogen and oxygen atoms in total. The Hall–Kier alpha value is -1.20. The van der Waals surface area contributed by atoms with Gasteiger partial charge in [0, 0.05) is 11.8 Å². The molecular weight excluding hydrogens is 232 g/mol. The fraction of sp³-hybridized carbons (Fsp3) is 0. The van der Waals surface area contributed by atoms with Crippen molar-refractivity contribution in [2.45, 2.75) is 0 Å². The van der Waals surface area contributed by atoms with E-state index in [2.05, 4.69) is 9.97 Å². The summed E-state index contributed by atoms with van der Waals surface area (Å²) in [6.45, 7) is 0. The molecule has 14 heavy (non-hydrogen) atoms. The third-order valence-corrected chi connectivity index (χ3v) is 2.20. The van der Waals surface area contributed by atoms with E-state index in [1.54, 1.807) is 0 Å². The van der Waals surface area contributed by atoms with Gasteiger partial charge in [-0.1, -0.05) is 11.6 Å². The molecule has 2 heterocycles. The second-order valence-electron chi connectivity index (χ2n) is 2.49. The predicted octanol–water partition coefficient (Wildman–Crippen LogP) is 1.59. The fourth-order valence-electron chi connectivity index (χ4n) is 1.02. The summed E-state index contributed by atoms with van der Waals surface area (Å²) in [5, 5.41) is 0.0789. The van der Waals surface area contributed by atoms with Crippen LogP contribution in [0.5, 0.6) is 0 Å². The molecule has 0 spiro atoms. The Morgan fingerprint density at radius 1 is 1.50 bits per heavy atom. The van der Waals surface area contributed by atoms with E-state index >= 15 is 0 Å². The van der Waals surface area contributed by atoms with Crippen LogP contribution in [-0.2, 0) is 0 Å². The lowest BCUT2D eigenvalue weighted by atomic mass is 10.3. The molecule has 0 amide bonds. The average molecular weight is 234 g/mol. The summed E-state index contributed by atoms with van der Waals surface area (Å²) in [6, 6.07) is 1.11. The van der Waals surface area contributed by atoms with Gasteiger partial charge in [-0.05, 0) is 6.07 Å². The molecule has 0 aliphatic carbocycles. The van der Waals surface area contributed by atoms with Crippen LogP contribution < -0.4 is 5.69 Å². The molecule has 2 aromatic heterocycles. The summed E-state index contributed by atoms with van der Waals surface area (Å²) in [5.41, 5.74) is -0.665. The summed E-state index contributed by atoms with van der Waals surface area (Å²) >= 11 is 11.2. The average Bonchev–Trinajstić information content (AvgIpc) is 2.14. The Kier molecular flexibility index (Phi) is 2.13. The number of aromatic nitrogens is 3. The minimum Gasteiger partial charge on any atom is -0.244 e. The van der Waals surface area contributed by atoms with Gasteiger partial charge in [0.15, 0.2) is 5.65 Å². The first kappa shape index (κ1) is 9.36. The van der Waals surface area contributed by atoms with Crippen LogP contribution in [0.15, 0.2) is 17.1 Å². The Labute approximate surface area is 87.0 Å². The van der Waals surface area contributed by atoms with Crippen LogP contribution in [0.3, 0.4) is 0 Å². The molecule has 0 saturated carbocycles. The highest BCUT2D eigenvalue weighted by atomic mass is 35.5. The SMILES string of the molecule is O=c1nc(Cl)c2cc(F)cnc2n1Cl. The van der Waals surface area contributed by atoms with E-state index in [1.165, 1.54) is 0 Å². The van der Waals surface area contributed by atoms with Crippen LogP contribution in [0.4, 0.5) is 4.39 Å². The minimum absolute atomic E-state index is 0.0815. The Bertz CT molecular complexity index is 569. The van der Waals surface area contributed by atoms with E-state index in [1.807, 2.05) is 0 Å². The quantitative estimate of drug-likeness (QED) is 0.650. The number of fused-ring (bicyclic) bond motifs is 1. The second kappa shape index (κ2) is 3.18. The summed E-state index contributed by atoms with van der Waals surface area (Å²) in [4.78, 5) is 18.1. The van der Waals surface area contributed by atoms with E-state index in [0.29, 0.717) is 4.09 Å². The molecular formula is C7H2Cl2FN3O. The first-order valence-corrected chi connectivity index (χ1v) is 4.21. The highest BCUT2D eigenvalue weighted by Gasteiger charge is 2.09. The topological polar surface area (TPSA) is 47.8 Å². The van der Waals surface area contributed by atoms with Gasteiger partial charge in [0.05, 0.1) is 11.6 Å². The largest absolute Gasteiger partial charge is 0.365 e. The van der Waals surface area contributed by atoms with E-state index in [0.717, 1.165) is 12.3 Å².